The fourth-order valence-corrected chi connectivity index (χ4v) is 7.75. The van der Waals surface area contributed by atoms with Crippen molar-refractivity contribution in [3.63, 3.8) is 0 Å². The second kappa shape index (κ2) is 6.85. The normalized spacial score (nSPS) is 46.8. The second-order valence-corrected chi connectivity index (χ2v) is 10.7. The molecule has 1 aliphatic heterocycles. The van der Waals surface area contributed by atoms with E-state index < -0.39 is 52.5 Å². The standard InChI is InChI=1S/C25H30O8/c1-13(26)31-12-19(29)24(30)20(32-14(2)27)10-18-17-6-5-15-9-16(28)7-8-22(15,3)25(17)21(33-25)11-23(18,24)4/h7-9,17-18,20-21,30H,5-6,10-12H2,1-4H3/t17?,18?,20-,21+,22+,23+,24-,25-/m1/s1. The number of ether oxygens (including phenoxy) is 3. The van der Waals surface area contributed by atoms with E-state index in [0.29, 0.717) is 12.8 Å². The van der Waals surface area contributed by atoms with Gasteiger partial charge in [-0.3, -0.25) is 19.2 Å². The summed E-state index contributed by atoms with van der Waals surface area (Å²) >= 11 is 0. The summed E-state index contributed by atoms with van der Waals surface area (Å²) in [6, 6.07) is 0. The highest BCUT2D eigenvalue weighted by Gasteiger charge is 2.83. The van der Waals surface area contributed by atoms with Gasteiger partial charge in [0.2, 0.25) is 5.78 Å². The van der Waals surface area contributed by atoms with Crippen LogP contribution in [-0.2, 0) is 33.4 Å². The lowest BCUT2D eigenvalue weighted by Crippen LogP contribution is -2.63. The summed E-state index contributed by atoms with van der Waals surface area (Å²) < 4.78 is 16.9. The zero-order valence-electron chi connectivity index (χ0n) is 19.4. The van der Waals surface area contributed by atoms with Gasteiger partial charge in [0.15, 0.2) is 18.0 Å². The Labute approximate surface area is 192 Å². The van der Waals surface area contributed by atoms with Gasteiger partial charge in [-0.05, 0) is 56.6 Å². The average molecular weight is 459 g/mol. The van der Waals surface area contributed by atoms with Crippen molar-refractivity contribution in [1.82, 2.24) is 0 Å². The molecule has 8 heteroatoms. The van der Waals surface area contributed by atoms with E-state index >= 15 is 0 Å². The molecular weight excluding hydrogens is 428 g/mol. The van der Waals surface area contributed by atoms with E-state index in [1.165, 1.54) is 13.8 Å². The molecule has 0 aromatic heterocycles. The Bertz CT molecular complexity index is 1030. The number of carbonyl (C=O) groups excluding carboxylic acids is 4. The van der Waals surface area contributed by atoms with E-state index in [0.717, 1.165) is 18.4 Å². The number of Topliss-reactive ketones (excluding diaryl/α,β-unsaturated/α-hetero) is 1. The lowest BCUT2D eigenvalue weighted by Gasteiger charge is -2.55. The minimum Gasteiger partial charge on any atom is -0.459 e. The van der Waals surface area contributed by atoms with E-state index in [1.807, 2.05) is 13.0 Å². The molecule has 5 rings (SSSR count). The average Bonchev–Trinajstić information content (AvgIpc) is 3.41. The Morgan fingerprint density at radius 1 is 1.18 bits per heavy atom. The van der Waals surface area contributed by atoms with Crippen LogP contribution in [0.1, 0.15) is 53.4 Å². The maximum atomic E-state index is 13.3. The van der Waals surface area contributed by atoms with E-state index in [4.69, 9.17) is 14.2 Å². The summed E-state index contributed by atoms with van der Waals surface area (Å²) in [5, 5.41) is 11.9. The first kappa shape index (κ1) is 22.5. The fourth-order valence-electron chi connectivity index (χ4n) is 7.75. The summed E-state index contributed by atoms with van der Waals surface area (Å²) in [6.45, 7) is 5.84. The van der Waals surface area contributed by atoms with Crippen molar-refractivity contribution in [2.45, 2.75) is 76.8 Å². The summed E-state index contributed by atoms with van der Waals surface area (Å²) in [4.78, 5) is 48.6. The molecule has 0 bridgehead atoms. The van der Waals surface area contributed by atoms with Crippen molar-refractivity contribution < 1.29 is 38.5 Å². The maximum Gasteiger partial charge on any atom is 0.303 e. The Morgan fingerprint density at radius 3 is 2.58 bits per heavy atom. The van der Waals surface area contributed by atoms with Crippen molar-refractivity contribution in [3.8, 4) is 0 Å². The van der Waals surface area contributed by atoms with Crippen molar-refractivity contribution in [1.29, 1.82) is 0 Å². The maximum absolute atomic E-state index is 13.3. The van der Waals surface area contributed by atoms with Crippen LogP contribution in [0.4, 0.5) is 0 Å². The lowest BCUT2D eigenvalue weighted by atomic mass is 9.47. The zero-order valence-corrected chi connectivity index (χ0v) is 19.4. The predicted octanol–water partition coefficient (Wildman–Crippen LogP) is 1.83. The molecule has 2 unspecified atom stereocenters. The minimum atomic E-state index is -1.99. The molecule has 8 nitrogen and oxygen atoms in total. The topological polar surface area (TPSA) is 120 Å². The largest absolute Gasteiger partial charge is 0.459 e. The van der Waals surface area contributed by atoms with E-state index in [-0.39, 0.29) is 23.7 Å². The predicted molar refractivity (Wildman–Crippen MR) is 114 cm³/mol. The molecule has 1 heterocycles. The molecule has 178 valence electrons. The Hall–Kier alpha value is -2.32. The number of hydrogen-bond acceptors (Lipinski definition) is 8. The number of fused-ring (bicyclic) bond motifs is 3. The van der Waals surface area contributed by atoms with E-state index in [1.54, 1.807) is 12.2 Å². The molecule has 3 saturated carbocycles. The van der Waals surface area contributed by atoms with Crippen LogP contribution in [0.2, 0.25) is 0 Å². The van der Waals surface area contributed by atoms with Crippen molar-refractivity contribution in [2.24, 2.45) is 22.7 Å². The molecule has 5 aliphatic rings. The van der Waals surface area contributed by atoms with Crippen LogP contribution < -0.4 is 0 Å². The van der Waals surface area contributed by atoms with Gasteiger partial charge >= 0.3 is 11.9 Å². The number of carbonyl (C=O) groups is 4. The van der Waals surface area contributed by atoms with Gasteiger partial charge in [0.05, 0.1) is 6.10 Å². The molecule has 4 fully saturated rings. The summed E-state index contributed by atoms with van der Waals surface area (Å²) in [7, 11) is 0. The molecule has 33 heavy (non-hydrogen) atoms. The number of rotatable bonds is 4. The van der Waals surface area contributed by atoms with E-state index in [2.05, 4.69) is 6.92 Å². The van der Waals surface area contributed by atoms with Crippen LogP contribution in [-0.4, -0.2) is 58.6 Å². The van der Waals surface area contributed by atoms with Crippen molar-refractivity contribution in [3.05, 3.63) is 23.8 Å². The molecule has 1 spiro atoms. The van der Waals surface area contributed by atoms with Gasteiger partial charge in [0.25, 0.3) is 0 Å². The third kappa shape index (κ3) is 2.71. The monoisotopic (exact) mass is 458 g/mol. The van der Waals surface area contributed by atoms with Gasteiger partial charge in [-0.1, -0.05) is 18.6 Å². The van der Waals surface area contributed by atoms with E-state index in [9.17, 15) is 24.3 Å². The SMILES string of the molecule is CC(=O)OCC(=O)[C@@]1(O)[C@H](OC(C)=O)CC2C3CCC4=CC(=O)C=C[C@]4(C)[C@@]34O[C@H]4C[C@@]21C. The highest BCUT2D eigenvalue weighted by Crippen LogP contribution is 2.76. The molecule has 0 aromatic carbocycles. The summed E-state index contributed by atoms with van der Waals surface area (Å²) in [5.74, 6) is -2.02. The summed E-state index contributed by atoms with van der Waals surface area (Å²) in [5.41, 5.74) is -2.80. The number of esters is 2. The second-order valence-electron chi connectivity index (χ2n) is 10.7. The Morgan fingerprint density at radius 2 is 1.91 bits per heavy atom. The summed E-state index contributed by atoms with van der Waals surface area (Å²) in [6.07, 6.45) is 6.22. The first-order valence-corrected chi connectivity index (χ1v) is 11.6. The fraction of sp³-hybridized carbons (Fsp3) is 0.680. The first-order valence-electron chi connectivity index (χ1n) is 11.6. The lowest BCUT2D eigenvalue weighted by molar-refractivity contribution is -0.187. The van der Waals surface area contributed by atoms with Crippen molar-refractivity contribution in [2.75, 3.05) is 6.61 Å². The van der Waals surface area contributed by atoms with Crippen LogP contribution in [0.3, 0.4) is 0 Å². The number of epoxide rings is 1. The van der Waals surface area contributed by atoms with Gasteiger partial charge in [0.1, 0.15) is 11.7 Å². The minimum absolute atomic E-state index is 0.00913. The molecule has 4 aliphatic carbocycles. The number of hydrogen-bond donors (Lipinski definition) is 1. The highest BCUT2D eigenvalue weighted by atomic mass is 16.6. The number of allylic oxidation sites excluding steroid dienone is 2. The molecule has 0 amide bonds. The van der Waals surface area contributed by atoms with Crippen LogP contribution in [0.5, 0.6) is 0 Å². The molecule has 1 saturated heterocycles. The molecule has 0 aromatic rings. The van der Waals surface area contributed by atoms with Gasteiger partial charge in [-0.2, -0.15) is 0 Å². The van der Waals surface area contributed by atoms with Gasteiger partial charge < -0.3 is 19.3 Å². The molecule has 1 N–H and O–H groups in total. The third-order valence-electron chi connectivity index (χ3n) is 9.27. The van der Waals surface area contributed by atoms with Crippen LogP contribution >= 0.6 is 0 Å². The zero-order chi connectivity index (χ0) is 24.0. The van der Waals surface area contributed by atoms with Gasteiger partial charge in [-0.25, -0.2) is 0 Å². The Kier molecular flexibility index (Phi) is 4.67. The quantitative estimate of drug-likeness (QED) is 0.501. The third-order valence-corrected chi connectivity index (χ3v) is 9.27. The molecule has 0 radical (unpaired) electrons. The van der Waals surface area contributed by atoms with Crippen molar-refractivity contribution >= 4 is 23.5 Å². The number of ketones is 2. The van der Waals surface area contributed by atoms with Crippen LogP contribution in [0, 0.1) is 22.7 Å². The Balaban J connectivity index is 1.55. The molecule has 8 atom stereocenters. The smallest absolute Gasteiger partial charge is 0.303 e. The highest BCUT2D eigenvalue weighted by molar-refractivity contribution is 6.01. The number of aliphatic hydroxyl groups is 1. The van der Waals surface area contributed by atoms with Gasteiger partial charge in [0, 0.05) is 24.7 Å². The molecular formula is C25H30O8. The first-order chi connectivity index (χ1) is 15.4. The van der Waals surface area contributed by atoms with Crippen LogP contribution in [0.25, 0.3) is 0 Å². The van der Waals surface area contributed by atoms with Gasteiger partial charge in [-0.15, -0.1) is 0 Å². The van der Waals surface area contributed by atoms with Crippen LogP contribution in [0.15, 0.2) is 23.8 Å².